The largest absolute Gasteiger partial charge is 0.506 e. The van der Waals surface area contributed by atoms with E-state index >= 15 is 0 Å². The molecule has 1 N–H and O–H groups in total. The van der Waals surface area contributed by atoms with Crippen LogP contribution in [-0.4, -0.2) is 18.2 Å². The van der Waals surface area contributed by atoms with Crippen LogP contribution in [0.15, 0.2) is 0 Å². The molecule has 13 heavy (non-hydrogen) atoms. The Hall–Kier alpha value is -1.07. The standard InChI is InChI=1S/C8H8O4S/c1-11-8(10)7-6(9)4-2-12-3-5(4)13-7/h9H,2-3H2,1H3. The molecule has 2 rings (SSSR count). The Morgan fingerprint density at radius 1 is 1.62 bits per heavy atom. The van der Waals surface area contributed by atoms with E-state index in [0.717, 1.165) is 10.4 Å². The second kappa shape index (κ2) is 3.01. The summed E-state index contributed by atoms with van der Waals surface area (Å²) in [6.07, 6.45) is 0. The molecule has 5 heteroatoms. The number of hydrogen-bond acceptors (Lipinski definition) is 5. The van der Waals surface area contributed by atoms with Crippen molar-refractivity contribution >= 4 is 17.3 Å². The van der Waals surface area contributed by atoms with Crippen LogP contribution in [0.3, 0.4) is 0 Å². The second-order valence-electron chi connectivity index (χ2n) is 2.67. The van der Waals surface area contributed by atoms with E-state index in [9.17, 15) is 9.90 Å². The van der Waals surface area contributed by atoms with Crippen LogP contribution in [0.25, 0.3) is 0 Å². The number of rotatable bonds is 1. The highest BCUT2D eigenvalue weighted by Crippen LogP contribution is 2.39. The summed E-state index contributed by atoms with van der Waals surface area (Å²) in [5.41, 5.74) is 0.727. The summed E-state index contributed by atoms with van der Waals surface area (Å²) in [7, 11) is 1.29. The second-order valence-corrected chi connectivity index (χ2v) is 3.77. The van der Waals surface area contributed by atoms with Crippen molar-refractivity contribution < 1.29 is 19.4 Å². The molecule has 0 amide bonds. The molecule has 0 fully saturated rings. The number of carbonyl (C=O) groups is 1. The van der Waals surface area contributed by atoms with Crippen molar-refractivity contribution in [3.63, 3.8) is 0 Å². The number of thiophene rings is 1. The van der Waals surface area contributed by atoms with Gasteiger partial charge in [0.05, 0.1) is 20.3 Å². The zero-order valence-corrected chi connectivity index (χ0v) is 7.81. The molecular formula is C8H8O4S. The first-order chi connectivity index (χ1) is 6.24. The molecule has 0 atom stereocenters. The fraction of sp³-hybridized carbons (Fsp3) is 0.375. The first kappa shape index (κ1) is 8.52. The lowest BCUT2D eigenvalue weighted by atomic mass is 10.2. The molecule has 2 heterocycles. The quantitative estimate of drug-likeness (QED) is 0.693. The molecule has 0 saturated carbocycles. The molecule has 1 aliphatic heterocycles. The van der Waals surface area contributed by atoms with Gasteiger partial charge in [0.25, 0.3) is 0 Å². The van der Waals surface area contributed by atoms with Crippen LogP contribution >= 0.6 is 11.3 Å². The zero-order chi connectivity index (χ0) is 9.42. The normalized spacial score (nSPS) is 14.2. The molecule has 0 aromatic carbocycles. The van der Waals surface area contributed by atoms with Crippen molar-refractivity contribution in [1.29, 1.82) is 0 Å². The molecule has 1 aromatic heterocycles. The van der Waals surface area contributed by atoms with E-state index in [-0.39, 0.29) is 10.6 Å². The first-order valence-corrected chi connectivity index (χ1v) is 4.55. The minimum absolute atomic E-state index is 0.0179. The SMILES string of the molecule is COC(=O)c1sc2c(c1O)COC2. The Morgan fingerprint density at radius 2 is 2.38 bits per heavy atom. The van der Waals surface area contributed by atoms with E-state index in [1.165, 1.54) is 18.4 Å². The topological polar surface area (TPSA) is 55.8 Å². The smallest absolute Gasteiger partial charge is 0.351 e. The number of esters is 1. The van der Waals surface area contributed by atoms with E-state index < -0.39 is 5.97 Å². The number of fused-ring (bicyclic) bond motifs is 1. The fourth-order valence-electron chi connectivity index (χ4n) is 1.24. The highest BCUT2D eigenvalue weighted by molar-refractivity contribution is 7.14. The summed E-state index contributed by atoms with van der Waals surface area (Å²) >= 11 is 1.23. The molecule has 4 nitrogen and oxygen atoms in total. The van der Waals surface area contributed by atoms with Crippen LogP contribution in [0.4, 0.5) is 0 Å². The summed E-state index contributed by atoms with van der Waals surface area (Å²) in [5.74, 6) is -0.471. The van der Waals surface area contributed by atoms with E-state index in [0.29, 0.717) is 13.2 Å². The van der Waals surface area contributed by atoms with Gasteiger partial charge in [-0.3, -0.25) is 0 Å². The molecule has 0 aliphatic carbocycles. The van der Waals surface area contributed by atoms with Crippen molar-refractivity contribution in [2.45, 2.75) is 13.2 Å². The summed E-state index contributed by atoms with van der Waals surface area (Å²) in [6, 6.07) is 0. The van der Waals surface area contributed by atoms with Crippen molar-refractivity contribution in [2.75, 3.05) is 7.11 Å². The summed E-state index contributed by atoms with van der Waals surface area (Å²) in [6.45, 7) is 0.860. The number of hydrogen-bond donors (Lipinski definition) is 1. The van der Waals surface area contributed by atoms with Gasteiger partial charge in [0.15, 0.2) is 4.88 Å². The predicted octanol–water partition coefficient (Wildman–Crippen LogP) is 1.27. The Labute approximate surface area is 78.7 Å². The number of methoxy groups -OCH3 is 1. The van der Waals surface area contributed by atoms with Crippen LogP contribution in [0.5, 0.6) is 5.75 Å². The lowest BCUT2D eigenvalue weighted by molar-refractivity contribution is 0.0602. The first-order valence-electron chi connectivity index (χ1n) is 3.73. The van der Waals surface area contributed by atoms with E-state index in [1.54, 1.807) is 0 Å². The maximum absolute atomic E-state index is 11.1. The minimum atomic E-state index is -0.489. The van der Waals surface area contributed by atoms with Gasteiger partial charge in [-0.15, -0.1) is 11.3 Å². The van der Waals surface area contributed by atoms with E-state index in [1.807, 2.05) is 0 Å². The molecular weight excluding hydrogens is 192 g/mol. The Kier molecular flexibility index (Phi) is 1.97. The molecule has 1 aliphatic rings. The molecule has 70 valence electrons. The van der Waals surface area contributed by atoms with Crippen LogP contribution in [-0.2, 0) is 22.7 Å². The molecule has 0 saturated heterocycles. The van der Waals surface area contributed by atoms with E-state index in [2.05, 4.69) is 4.74 Å². The average molecular weight is 200 g/mol. The molecule has 0 unspecified atom stereocenters. The van der Waals surface area contributed by atoms with Crippen LogP contribution < -0.4 is 0 Å². The van der Waals surface area contributed by atoms with Crippen molar-refractivity contribution in [3.05, 3.63) is 15.3 Å². The highest BCUT2D eigenvalue weighted by atomic mass is 32.1. The predicted molar refractivity (Wildman–Crippen MR) is 45.8 cm³/mol. The average Bonchev–Trinajstić information content (AvgIpc) is 2.68. The maximum atomic E-state index is 11.1. The third-order valence-corrected chi connectivity index (χ3v) is 3.09. The van der Waals surface area contributed by atoms with Gasteiger partial charge < -0.3 is 14.6 Å². The summed E-state index contributed by atoms with van der Waals surface area (Å²) in [4.78, 5) is 12.3. The fourth-order valence-corrected chi connectivity index (χ4v) is 2.30. The summed E-state index contributed by atoms with van der Waals surface area (Å²) < 4.78 is 9.63. The molecule has 0 spiro atoms. The Bertz CT molecular complexity index is 355. The van der Waals surface area contributed by atoms with Crippen molar-refractivity contribution in [2.24, 2.45) is 0 Å². The molecule has 0 radical (unpaired) electrons. The van der Waals surface area contributed by atoms with Gasteiger partial charge in [0.1, 0.15) is 5.75 Å². The van der Waals surface area contributed by atoms with Gasteiger partial charge >= 0.3 is 5.97 Å². The number of aromatic hydroxyl groups is 1. The monoisotopic (exact) mass is 200 g/mol. The lowest BCUT2D eigenvalue weighted by Crippen LogP contribution is -1.98. The summed E-state index contributed by atoms with van der Waals surface area (Å²) in [5, 5.41) is 9.58. The van der Waals surface area contributed by atoms with Gasteiger partial charge in [-0.2, -0.15) is 0 Å². The van der Waals surface area contributed by atoms with Crippen molar-refractivity contribution in [3.8, 4) is 5.75 Å². The molecule has 0 bridgehead atoms. The third kappa shape index (κ3) is 1.20. The van der Waals surface area contributed by atoms with Gasteiger partial charge in [-0.05, 0) is 0 Å². The van der Waals surface area contributed by atoms with Gasteiger partial charge in [-0.1, -0.05) is 0 Å². The maximum Gasteiger partial charge on any atom is 0.351 e. The van der Waals surface area contributed by atoms with Crippen LogP contribution in [0.2, 0.25) is 0 Å². The third-order valence-electron chi connectivity index (χ3n) is 1.91. The zero-order valence-electron chi connectivity index (χ0n) is 6.99. The number of carbonyl (C=O) groups excluding carboxylic acids is 1. The van der Waals surface area contributed by atoms with Crippen LogP contribution in [0.1, 0.15) is 20.1 Å². The number of ether oxygens (including phenoxy) is 2. The Balaban J connectivity index is 2.44. The lowest BCUT2D eigenvalue weighted by Gasteiger charge is -1.97. The van der Waals surface area contributed by atoms with Gasteiger partial charge in [-0.25, -0.2) is 4.79 Å². The van der Waals surface area contributed by atoms with Crippen LogP contribution in [0, 0.1) is 0 Å². The van der Waals surface area contributed by atoms with Crippen molar-refractivity contribution in [1.82, 2.24) is 0 Å². The molecule has 1 aromatic rings. The van der Waals surface area contributed by atoms with Gasteiger partial charge in [0.2, 0.25) is 0 Å². The Morgan fingerprint density at radius 3 is 3.00 bits per heavy atom. The van der Waals surface area contributed by atoms with E-state index in [4.69, 9.17) is 4.74 Å². The van der Waals surface area contributed by atoms with Gasteiger partial charge in [0, 0.05) is 10.4 Å². The highest BCUT2D eigenvalue weighted by Gasteiger charge is 2.26. The minimum Gasteiger partial charge on any atom is -0.506 e.